The normalized spacial score (nSPS) is 11.8. The van der Waals surface area contributed by atoms with Gasteiger partial charge in [0.15, 0.2) is 0 Å². The van der Waals surface area contributed by atoms with Gasteiger partial charge in [0.05, 0.1) is 92.5 Å². The summed E-state index contributed by atoms with van der Waals surface area (Å²) in [4.78, 5) is 0. The van der Waals surface area contributed by atoms with E-state index in [1.807, 2.05) is 18.2 Å². The van der Waals surface area contributed by atoms with Gasteiger partial charge in [-0.1, -0.05) is 70.2 Å². The summed E-state index contributed by atoms with van der Waals surface area (Å²) in [5.74, 6) is 2.65. The van der Waals surface area contributed by atoms with Crippen molar-refractivity contribution in [2.75, 3.05) is 119 Å². The van der Waals surface area contributed by atoms with Gasteiger partial charge < -0.3 is 66.4 Å². The van der Waals surface area contributed by atoms with Gasteiger partial charge in [-0.15, -0.1) is 0 Å². The third kappa shape index (κ3) is 30.5. The second kappa shape index (κ2) is 35.5. The molecule has 2 aromatic carbocycles. The van der Waals surface area contributed by atoms with Crippen molar-refractivity contribution in [3.8, 4) is 34.5 Å². The molecule has 0 saturated carbocycles. The summed E-state index contributed by atoms with van der Waals surface area (Å²) in [6.45, 7) is 36.4. The fourth-order valence-electron chi connectivity index (χ4n) is 4.54. The molecule has 2 aromatic rings. The molecule has 64 heavy (non-hydrogen) atoms. The third-order valence-electron chi connectivity index (χ3n) is 10.0. The smallest absolute Gasteiger partial charge is 0.250 e. The van der Waals surface area contributed by atoms with Crippen LogP contribution < -0.4 is 18.3 Å². The van der Waals surface area contributed by atoms with E-state index in [9.17, 15) is 10.2 Å². The second-order valence-corrected chi connectivity index (χ2v) is 27.1. The summed E-state index contributed by atoms with van der Waals surface area (Å²) in [6, 6.07) is 10.0. The molecule has 0 atom stereocenters. The summed E-state index contributed by atoms with van der Waals surface area (Å²) in [7, 11) is -4.03. The predicted octanol–water partition coefficient (Wildman–Crippen LogP) is 10.5. The lowest BCUT2D eigenvalue weighted by Crippen LogP contribution is -2.44. The van der Waals surface area contributed by atoms with Crippen molar-refractivity contribution in [1.29, 1.82) is 0 Å². The molecule has 0 aliphatic rings. The molecule has 2 N–H and O–H groups in total. The Morgan fingerprint density at radius 3 is 0.859 bits per heavy atom. The molecule has 0 amide bonds. The molecule has 0 aliphatic carbocycles. The van der Waals surface area contributed by atoms with Crippen molar-refractivity contribution in [3.63, 3.8) is 0 Å². The van der Waals surface area contributed by atoms with Crippen LogP contribution in [-0.2, 0) is 37.9 Å². The Morgan fingerprint density at radius 2 is 0.594 bits per heavy atom. The monoisotopic (exact) mass is 949 g/mol. The van der Waals surface area contributed by atoms with Gasteiger partial charge in [0.25, 0.3) is 0 Å². The minimum atomic E-state index is -2.01. The summed E-state index contributed by atoms with van der Waals surface area (Å²) in [5.41, 5.74) is 0. The molecule has 0 radical (unpaired) electrons. The van der Waals surface area contributed by atoms with Gasteiger partial charge in [-0.25, -0.2) is 0 Å². The van der Waals surface area contributed by atoms with E-state index in [2.05, 4.69) is 81.6 Å². The summed E-state index contributed by atoms with van der Waals surface area (Å²) >= 11 is 0. The van der Waals surface area contributed by atoms with Crippen molar-refractivity contribution in [3.05, 3.63) is 36.4 Å². The number of hydrogen-bond donors (Lipinski definition) is 2. The highest BCUT2D eigenvalue weighted by Crippen LogP contribution is 2.42. The standard InChI is InChI=1S/C29H56O7Si2.C17H28O7.2CH4/c1-12-13-30-14-15-31-16-17-32-18-19-33-20-21-34-25-22-26(35-37(8,9)28(2,3)4)24-27(23-25)36-38(10,11)29(5,6)7;1-2-3-20-4-5-21-6-7-22-8-9-23-10-11-24-17-13-15(18)12-16(19)14-17;;/h22-24H,12-21H2,1-11H3;12-14,18-19H,2-11H2,1H3;2*1H4. The van der Waals surface area contributed by atoms with Crippen molar-refractivity contribution in [2.45, 2.75) is 119 Å². The molecular weight excluding hydrogens is 857 g/mol. The minimum absolute atomic E-state index is 0. The first-order chi connectivity index (χ1) is 29.3. The van der Waals surface area contributed by atoms with Crippen LogP contribution in [0.4, 0.5) is 0 Å². The van der Waals surface area contributed by atoms with Gasteiger partial charge in [-0.05, 0) is 49.1 Å². The molecule has 0 aromatic heterocycles. The molecule has 0 heterocycles. The van der Waals surface area contributed by atoms with Crippen molar-refractivity contribution < 1.29 is 66.4 Å². The predicted molar refractivity (Wildman–Crippen MR) is 263 cm³/mol. The van der Waals surface area contributed by atoms with E-state index < -0.39 is 16.6 Å². The van der Waals surface area contributed by atoms with Gasteiger partial charge >= 0.3 is 0 Å². The van der Waals surface area contributed by atoms with Crippen LogP contribution in [0.1, 0.15) is 83.1 Å². The number of aromatic hydroxyl groups is 2. The van der Waals surface area contributed by atoms with Gasteiger partial charge in [0.2, 0.25) is 16.6 Å². The van der Waals surface area contributed by atoms with Gasteiger partial charge in [0.1, 0.15) is 47.7 Å². The van der Waals surface area contributed by atoms with Crippen LogP contribution in [0.2, 0.25) is 36.3 Å². The van der Waals surface area contributed by atoms with E-state index in [-0.39, 0.29) is 36.4 Å². The number of phenols is 2. The molecule has 0 saturated heterocycles. The fourth-order valence-corrected chi connectivity index (χ4v) is 6.57. The molecule has 0 spiro atoms. The van der Waals surface area contributed by atoms with Gasteiger partial charge in [-0.2, -0.15) is 0 Å². The highest BCUT2D eigenvalue weighted by Gasteiger charge is 2.40. The van der Waals surface area contributed by atoms with Crippen LogP contribution in [0.25, 0.3) is 0 Å². The largest absolute Gasteiger partial charge is 0.543 e. The lowest BCUT2D eigenvalue weighted by molar-refractivity contribution is -0.00451. The quantitative estimate of drug-likeness (QED) is 0.0506. The van der Waals surface area contributed by atoms with Crippen LogP contribution in [0, 0.1) is 0 Å². The molecular formula is C48H92O14Si2. The van der Waals surface area contributed by atoms with Crippen LogP contribution >= 0.6 is 0 Å². The summed E-state index contributed by atoms with van der Waals surface area (Å²) in [5, 5.41) is 18.8. The van der Waals surface area contributed by atoms with Crippen LogP contribution in [0.15, 0.2) is 36.4 Å². The SMILES string of the molecule is C.C.CCCOCCOCCOCCOCCOc1cc(O)cc(O)c1.CCCOCCOCCOCCOCCOc1cc(O[Si](C)(C)C(C)(C)C)cc(O[Si](C)(C)C(C)(C)C)c1. The Kier molecular flexibility index (Phi) is 35.2. The number of phenolic OH excluding ortho intramolecular Hbond substituents is 2. The van der Waals surface area contributed by atoms with Crippen molar-refractivity contribution >= 4 is 16.6 Å². The molecule has 2 rings (SSSR count). The average Bonchev–Trinajstić information content (AvgIpc) is 3.17. The number of rotatable bonds is 34. The zero-order valence-electron chi connectivity index (χ0n) is 40.4. The highest BCUT2D eigenvalue weighted by molar-refractivity contribution is 6.75. The van der Waals surface area contributed by atoms with Crippen molar-refractivity contribution in [1.82, 2.24) is 0 Å². The maximum atomic E-state index is 9.30. The second-order valence-electron chi connectivity index (χ2n) is 17.6. The summed E-state index contributed by atoms with van der Waals surface area (Å²) < 4.78 is 68.0. The summed E-state index contributed by atoms with van der Waals surface area (Å²) in [6.07, 6.45) is 2.04. The lowest BCUT2D eigenvalue weighted by Gasteiger charge is -2.38. The Labute approximate surface area is 391 Å². The Hall–Kier alpha value is -2.65. The van der Waals surface area contributed by atoms with Gasteiger partial charge in [0, 0.05) is 49.6 Å². The van der Waals surface area contributed by atoms with E-state index in [4.69, 9.17) is 56.2 Å². The molecule has 0 unspecified atom stereocenters. The van der Waals surface area contributed by atoms with Crippen LogP contribution in [0.5, 0.6) is 34.5 Å². The van der Waals surface area contributed by atoms with E-state index in [0.717, 1.165) is 43.3 Å². The Bertz CT molecular complexity index is 1350. The zero-order chi connectivity index (χ0) is 46.3. The topological polar surface area (TPSA) is 151 Å². The Balaban J connectivity index is 0. The van der Waals surface area contributed by atoms with Crippen LogP contribution in [-0.4, -0.2) is 146 Å². The zero-order valence-corrected chi connectivity index (χ0v) is 42.4. The maximum Gasteiger partial charge on any atom is 0.250 e. The first-order valence-electron chi connectivity index (χ1n) is 22.2. The minimum Gasteiger partial charge on any atom is -0.543 e. The number of ether oxygens (including phenoxy) is 10. The molecule has 16 heteroatoms. The average molecular weight is 949 g/mol. The number of benzene rings is 2. The molecule has 376 valence electrons. The van der Waals surface area contributed by atoms with Gasteiger partial charge in [-0.3, -0.25) is 0 Å². The van der Waals surface area contributed by atoms with E-state index in [1.54, 1.807) is 0 Å². The first kappa shape index (κ1) is 63.4. The van der Waals surface area contributed by atoms with Crippen LogP contribution in [0.3, 0.4) is 0 Å². The number of hydrogen-bond acceptors (Lipinski definition) is 14. The lowest BCUT2D eigenvalue weighted by atomic mass is 10.2. The maximum absolute atomic E-state index is 9.30. The first-order valence-corrected chi connectivity index (χ1v) is 28.1. The molecule has 0 fully saturated rings. The van der Waals surface area contributed by atoms with E-state index in [0.29, 0.717) is 111 Å². The fraction of sp³-hybridized carbons (Fsp3) is 0.750. The third-order valence-corrected chi connectivity index (χ3v) is 18.7. The van der Waals surface area contributed by atoms with Crippen molar-refractivity contribution in [2.24, 2.45) is 0 Å². The molecule has 14 nitrogen and oxygen atoms in total. The molecule has 0 bridgehead atoms. The molecule has 0 aliphatic heterocycles. The van der Waals surface area contributed by atoms with E-state index in [1.165, 1.54) is 18.2 Å². The Morgan fingerprint density at radius 1 is 0.359 bits per heavy atom. The van der Waals surface area contributed by atoms with E-state index >= 15 is 0 Å². The highest BCUT2D eigenvalue weighted by atomic mass is 28.4.